The fourth-order valence-electron chi connectivity index (χ4n) is 1.35. The van der Waals surface area contributed by atoms with E-state index in [-0.39, 0.29) is 22.3 Å². The van der Waals surface area contributed by atoms with Crippen LogP contribution in [0.4, 0.5) is 11.6 Å². The first-order valence-electron chi connectivity index (χ1n) is 4.90. The Labute approximate surface area is 102 Å². The van der Waals surface area contributed by atoms with Crippen molar-refractivity contribution >= 4 is 23.4 Å². The van der Waals surface area contributed by atoms with E-state index in [1.54, 1.807) is 6.26 Å². The maximum Gasteiger partial charge on any atom is 0.269 e. The number of para-hydroxylation sites is 1. The maximum absolute atomic E-state index is 11.6. The topological polar surface area (TPSA) is 78.0 Å². The smallest absolute Gasteiger partial charge is 0.269 e. The normalized spacial score (nSPS) is 10.2. The molecule has 0 saturated carbocycles. The number of aromatic hydroxyl groups is 1. The molecule has 0 radical (unpaired) electrons. The summed E-state index contributed by atoms with van der Waals surface area (Å²) in [6.45, 7) is 0. The molecule has 1 heterocycles. The highest BCUT2D eigenvalue weighted by Crippen LogP contribution is 2.21. The number of nitrogens with one attached hydrogen (secondary N) is 2. The zero-order chi connectivity index (χ0) is 12.3. The highest BCUT2D eigenvalue weighted by molar-refractivity contribution is 7.98. The lowest BCUT2D eigenvalue weighted by molar-refractivity contribution is 0.437. The molecule has 88 valence electrons. The molecular weight excluding hydrogens is 238 g/mol. The van der Waals surface area contributed by atoms with E-state index in [9.17, 15) is 9.90 Å². The van der Waals surface area contributed by atoms with E-state index in [2.05, 4.69) is 15.3 Å². The van der Waals surface area contributed by atoms with E-state index < -0.39 is 0 Å². The van der Waals surface area contributed by atoms with Gasteiger partial charge in [-0.25, -0.2) is 0 Å². The van der Waals surface area contributed by atoms with Crippen molar-refractivity contribution in [2.45, 2.75) is 4.90 Å². The van der Waals surface area contributed by atoms with Crippen LogP contribution >= 0.6 is 11.8 Å². The Morgan fingerprint density at radius 1 is 1.35 bits per heavy atom. The number of benzene rings is 1. The van der Waals surface area contributed by atoms with Crippen molar-refractivity contribution in [2.75, 3.05) is 11.6 Å². The third-order valence-corrected chi connectivity index (χ3v) is 2.88. The van der Waals surface area contributed by atoms with E-state index in [0.29, 0.717) is 0 Å². The van der Waals surface area contributed by atoms with Crippen LogP contribution < -0.4 is 10.9 Å². The number of anilines is 2. The molecule has 2 aromatic rings. The van der Waals surface area contributed by atoms with E-state index in [1.807, 2.05) is 30.3 Å². The SMILES string of the molecule is CSc1c(O)nc(Nc2ccccc2)[nH]c1=O. The Balaban J connectivity index is 2.32. The lowest BCUT2D eigenvalue weighted by Crippen LogP contribution is -2.12. The highest BCUT2D eigenvalue weighted by atomic mass is 32.2. The summed E-state index contributed by atoms with van der Waals surface area (Å²) in [5, 5.41) is 12.5. The first-order valence-corrected chi connectivity index (χ1v) is 6.12. The van der Waals surface area contributed by atoms with Crippen LogP contribution in [0.15, 0.2) is 40.0 Å². The molecule has 2 rings (SSSR count). The summed E-state index contributed by atoms with van der Waals surface area (Å²) in [4.78, 5) is 18.2. The number of aromatic nitrogens is 2. The lowest BCUT2D eigenvalue weighted by atomic mass is 10.3. The monoisotopic (exact) mass is 249 g/mol. The minimum absolute atomic E-state index is 0.212. The first-order chi connectivity index (χ1) is 8.20. The standard InChI is InChI=1S/C11H11N3O2S/c1-17-8-9(15)13-11(14-10(8)16)12-7-5-3-2-4-6-7/h2-6H,1H3,(H3,12,13,14,15,16). The number of rotatable bonds is 3. The fraction of sp³-hybridized carbons (Fsp3) is 0.0909. The average Bonchev–Trinajstić information content (AvgIpc) is 2.30. The predicted molar refractivity (Wildman–Crippen MR) is 68.0 cm³/mol. The van der Waals surface area contributed by atoms with Crippen LogP contribution in [-0.4, -0.2) is 21.3 Å². The van der Waals surface area contributed by atoms with Gasteiger partial charge in [0.1, 0.15) is 4.90 Å². The van der Waals surface area contributed by atoms with Crippen LogP contribution in [0.1, 0.15) is 0 Å². The summed E-state index contributed by atoms with van der Waals surface area (Å²) < 4.78 is 0. The summed E-state index contributed by atoms with van der Waals surface area (Å²) in [5.41, 5.74) is 0.426. The molecule has 0 bridgehead atoms. The molecule has 0 unspecified atom stereocenters. The number of nitrogens with zero attached hydrogens (tertiary/aromatic N) is 1. The Bertz CT molecular complexity index is 569. The van der Waals surface area contributed by atoms with Crippen molar-refractivity contribution in [3.63, 3.8) is 0 Å². The second kappa shape index (κ2) is 4.92. The van der Waals surface area contributed by atoms with E-state index in [4.69, 9.17) is 0 Å². The van der Waals surface area contributed by atoms with Gasteiger partial charge in [0.05, 0.1) is 0 Å². The van der Waals surface area contributed by atoms with E-state index >= 15 is 0 Å². The van der Waals surface area contributed by atoms with Crippen molar-refractivity contribution in [3.8, 4) is 5.88 Å². The van der Waals surface area contributed by atoms with Gasteiger partial charge < -0.3 is 10.4 Å². The molecule has 1 aromatic carbocycles. The van der Waals surface area contributed by atoms with Crippen molar-refractivity contribution in [1.29, 1.82) is 0 Å². The average molecular weight is 249 g/mol. The van der Waals surface area contributed by atoms with Gasteiger partial charge in [-0.15, -0.1) is 11.8 Å². The van der Waals surface area contributed by atoms with Crippen LogP contribution in [0.3, 0.4) is 0 Å². The van der Waals surface area contributed by atoms with Crippen LogP contribution in [0.2, 0.25) is 0 Å². The van der Waals surface area contributed by atoms with Gasteiger partial charge >= 0.3 is 0 Å². The highest BCUT2D eigenvalue weighted by Gasteiger charge is 2.09. The van der Waals surface area contributed by atoms with Crippen LogP contribution in [0.25, 0.3) is 0 Å². The quantitative estimate of drug-likeness (QED) is 0.725. The van der Waals surface area contributed by atoms with Gasteiger partial charge in [-0.3, -0.25) is 9.78 Å². The molecule has 1 aromatic heterocycles. The Morgan fingerprint density at radius 2 is 2.06 bits per heavy atom. The summed E-state index contributed by atoms with van der Waals surface area (Å²) in [7, 11) is 0. The molecule has 3 N–H and O–H groups in total. The molecule has 0 aliphatic carbocycles. The molecule has 5 nitrogen and oxygen atoms in total. The van der Waals surface area contributed by atoms with E-state index in [0.717, 1.165) is 17.4 Å². The zero-order valence-electron chi connectivity index (χ0n) is 9.10. The minimum atomic E-state index is -0.358. The second-order valence-corrected chi connectivity index (χ2v) is 4.08. The third kappa shape index (κ3) is 2.59. The van der Waals surface area contributed by atoms with Gasteiger partial charge in [0.2, 0.25) is 11.8 Å². The van der Waals surface area contributed by atoms with E-state index in [1.165, 1.54) is 0 Å². The number of hydrogen-bond acceptors (Lipinski definition) is 5. The second-order valence-electron chi connectivity index (χ2n) is 3.26. The van der Waals surface area contributed by atoms with Crippen LogP contribution in [0.5, 0.6) is 5.88 Å². The predicted octanol–water partition coefficient (Wildman–Crippen LogP) is 1.94. The van der Waals surface area contributed by atoms with Gasteiger partial charge in [0.25, 0.3) is 5.56 Å². The summed E-state index contributed by atoms with van der Waals surface area (Å²) in [6.07, 6.45) is 1.70. The minimum Gasteiger partial charge on any atom is -0.492 e. The van der Waals surface area contributed by atoms with Crippen molar-refractivity contribution in [2.24, 2.45) is 0 Å². The number of H-pyrrole nitrogens is 1. The van der Waals surface area contributed by atoms with Crippen molar-refractivity contribution in [3.05, 3.63) is 40.7 Å². The van der Waals surface area contributed by atoms with Gasteiger partial charge in [-0.05, 0) is 18.4 Å². The van der Waals surface area contributed by atoms with Gasteiger partial charge in [-0.2, -0.15) is 4.98 Å². The number of thioether (sulfide) groups is 1. The summed E-state index contributed by atoms with van der Waals surface area (Å²) >= 11 is 1.15. The fourth-order valence-corrected chi connectivity index (χ4v) is 1.82. The molecule has 0 fully saturated rings. The van der Waals surface area contributed by atoms with Gasteiger partial charge in [0.15, 0.2) is 0 Å². The molecule has 0 saturated heterocycles. The summed E-state index contributed by atoms with van der Waals surface area (Å²) in [5.74, 6) is -0.0452. The van der Waals surface area contributed by atoms with Gasteiger partial charge in [-0.1, -0.05) is 18.2 Å². The van der Waals surface area contributed by atoms with Crippen molar-refractivity contribution < 1.29 is 5.11 Å². The number of hydrogen-bond donors (Lipinski definition) is 3. The molecule has 0 amide bonds. The first kappa shape index (κ1) is 11.5. The Hall–Kier alpha value is -1.95. The molecule has 0 atom stereocenters. The molecule has 17 heavy (non-hydrogen) atoms. The zero-order valence-corrected chi connectivity index (χ0v) is 9.91. The number of aromatic amines is 1. The van der Waals surface area contributed by atoms with Gasteiger partial charge in [0, 0.05) is 5.69 Å². The Morgan fingerprint density at radius 3 is 2.65 bits per heavy atom. The van der Waals surface area contributed by atoms with Crippen LogP contribution in [-0.2, 0) is 0 Å². The molecule has 0 spiro atoms. The van der Waals surface area contributed by atoms with Crippen molar-refractivity contribution in [1.82, 2.24) is 9.97 Å². The molecule has 0 aliphatic heterocycles. The van der Waals surface area contributed by atoms with Crippen LogP contribution in [0, 0.1) is 0 Å². The summed E-state index contributed by atoms with van der Waals surface area (Å²) in [6, 6.07) is 9.27. The molecular formula is C11H11N3O2S. The lowest BCUT2D eigenvalue weighted by Gasteiger charge is -2.06. The molecule has 0 aliphatic rings. The third-order valence-electron chi connectivity index (χ3n) is 2.10. The maximum atomic E-state index is 11.6. The largest absolute Gasteiger partial charge is 0.492 e. The Kier molecular flexibility index (Phi) is 3.34. The molecule has 6 heteroatoms.